The number of hydrogen-bond acceptors (Lipinski definition) is 2. The number of pyridine rings is 1. The minimum absolute atomic E-state index is 0.700. The van der Waals surface area contributed by atoms with E-state index in [-0.39, 0.29) is 0 Å². The molecule has 0 saturated carbocycles. The number of hydrogen-bond donors (Lipinski definition) is 0. The molecule has 0 atom stereocenters. The Kier molecular flexibility index (Phi) is 3.06. The summed E-state index contributed by atoms with van der Waals surface area (Å²) < 4.78 is 3.08. The van der Waals surface area contributed by atoms with Gasteiger partial charge < -0.3 is 4.57 Å². The summed E-state index contributed by atoms with van der Waals surface area (Å²) in [5.41, 5.74) is 2.76. The number of benzene rings is 1. The van der Waals surface area contributed by atoms with Gasteiger partial charge in [-0.05, 0) is 46.3 Å². The molecule has 3 aromatic rings. The molecule has 19 heavy (non-hydrogen) atoms. The Bertz CT molecular complexity index is 766. The summed E-state index contributed by atoms with van der Waals surface area (Å²) >= 11 is 3.38. The first kappa shape index (κ1) is 11.9. The van der Waals surface area contributed by atoms with Gasteiger partial charge in [0.25, 0.3) is 0 Å². The van der Waals surface area contributed by atoms with Crippen molar-refractivity contribution < 1.29 is 0 Å². The van der Waals surface area contributed by atoms with Crippen molar-refractivity contribution >= 4 is 26.8 Å². The first-order valence-corrected chi connectivity index (χ1v) is 6.65. The van der Waals surface area contributed by atoms with Crippen molar-refractivity contribution in [2.45, 2.75) is 6.54 Å². The second-order valence-electron chi connectivity index (χ2n) is 4.26. The highest BCUT2D eigenvalue weighted by Crippen LogP contribution is 2.20. The van der Waals surface area contributed by atoms with Gasteiger partial charge in [-0.3, -0.25) is 4.98 Å². The van der Waals surface area contributed by atoms with E-state index in [1.165, 1.54) is 0 Å². The lowest BCUT2D eigenvalue weighted by Crippen LogP contribution is -1.99. The van der Waals surface area contributed by atoms with Crippen molar-refractivity contribution in [3.8, 4) is 6.07 Å². The molecule has 0 bridgehead atoms. The van der Waals surface area contributed by atoms with Gasteiger partial charge in [0.05, 0.1) is 23.9 Å². The Morgan fingerprint density at radius 2 is 2.11 bits per heavy atom. The lowest BCUT2D eigenvalue weighted by molar-refractivity contribution is 0.807. The number of fused-ring (bicyclic) bond motifs is 1. The van der Waals surface area contributed by atoms with Gasteiger partial charge in [0.2, 0.25) is 0 Å². The first-order chi connectivity index (χ1) is 9.28. The zero-order valence-electron chi connectivity index (χ0n) is 10.0. The molecule has 3 rings (SSSR count). The normalized spacial score (nSPS) is 10.5. The van der Waals surface area contributed by atoms with Crippen LogP contribution in [0.2, 0.25) is 0 Å². The van der Waals surface area contributed by atoms with Crippen molar-refractivity contribution in [2.75, 3.05) is 0 Å². The van der Waals surface area contributed by atoms with Gasteiger partial charge in [0.1, 0.15) is 0 Å². The minimum Gasteiger partial charge on any atom is -0.341 e. The summed E-state index contributed by atoms with van der Waals surface area (Å²) in [6.07, 6.45) is 3.79. The van der Waals surface area contributed by atoms with Crippen molar-refractivity contribution in [1.29, 1.82) is 5.26 Å². The SMILES string of the molecule is N#Cc1cccc2c1ccn2Cc1ccc(Br)cn1. The fourth-order valence-electron chi connectivity index (χ4n) is 2.13. The summed E-state index contributed by atoms with van der Waals surface area (Å²) in [7, 11) is 0. The summed E-state index contributed by atoms with van der Waals surface area (Å²) in [5, 5.41) is 10.1. The molecule has 0 aliphatic heterocycles. The molecule has 2 aromatic heterocycles. The average Bonchev–Trinajstić information content (AvgIpc) is 2.84. The molecule has 0 saturated heterocycles. The molecule has 0 unspecified atom stereocenters. The van der Waals surface area contributed by atoms with Gasteiger partial charge in [-0.25, -0.2) is 0 Å². The lowest BCUT2D eigenvalue weighted by Gasteiger charge is -2.05. The maximum absolute atomic E-state index is 9.09. The van der Waals surface area contributed by atoms with Crippen LogP contribution in [0.25, 0.3) is 10.9 Å². The van der Waals surface area contributed by atoms with E-state index >= 15 is 0 Å². The largest absolute Gasteiger partial charge is 0.341 e. The molecule has 0 aliphatic carbocycles. The molecular formula is C15H10BrN3. The Balaban J connectivity index is 2.02. The van der Waals surface area contributed by atoms with E-state index in [0.29, 0.717) is 12.1 Å². The Morgan fingerprint density at radius 3 is 2.84 bits per heavy atom. The number of halogens is 1. The third-order valence-corrected chi connectivity index (χ3v) is 3.52. The van der Waals surface area contributed by atoms with Crippen LogP contribution in [-0.2, 0) is 6.54 Å². The molecule has 0 fully saturated rings. The second-order valence-corrected chi connectivity index (χ2v) is 5.18. The zero-order chi connectivity index (χ0) is 13.2. The maximum Gasteiger partial charge on any atom is 0.0998 e. The molecule has 0 aliphatic rings. The van der Waals surface area contributed by atoms with Gasteiger partial charge >= 0.3 is 0 Å². The second kappa shape index (κ2) is 4.87. The van der Waals surface area contributed by atoms with E-state index in [1.807, 2.05) is 42.6 Å². The zero-order valence-corrected chi connectivity index (χ0v) is 11.6. The number of nitrogens with zero attached hydrogens (tertiary/aromatic N) is 3. The topological polar surface area (TPSA) is 41.6 Å². The first-order valence-electron chi connectivity index (χ1n) is 5.86. The van der Waals surface area contributed by atoms with Crippen LogP contribution in [0.3, 0.4) is 0 Å². The Hall–Kier alpha value is -2.12. The van der Waals surface area contributed by atoms with Crippen LogP contribution in [0.5, 0.6) is 0 Å². The molecule has 0 spiro atoms. The lowest BCUT2D eigenvalue weighted by atomic mass is 10.1. The summed E-state index contributed by atoms with van der Waals surface area (Å²) in [6, 6.07) is 13.9. The van der Waals surface area contributed by atoms with E-state index < -0.39 is 0 Å². The minimum atomic E-state index is 0.700. The van der Waals surface area contributed by atoms with Crippen LogP contribution in [0.1, 0.15) is 11.3 Å². The van der Waals surface area contributed by atoms with E-state index in [9.17, 15) is 0 Å². The highest BCUT2D eigenvalue weighted by molar-refractivity contribution is 9.10. The third-order valence-electron chi connectivity index (χ3n) is 3.06. The number of nitriles is 1. The van der Waals surface area contributed by atoms with Crippen LogP contribution in [-0.4, -0.2) is 9.55 Å². The fourth-order valence-corrected chi connectivity index (χ4v) is 2.37. The van der Waals surface area contributed by atoms with E-state index in [4.69, 9.17) is 5.26 Å². The van der Waals surface area contributed by atoms with Crippen molar-refractivity contribution in [3.05, 3.63) is 64.5 Å². The van der Waals surface area contributed by atoms with Crippen LogP contribution in [0.15, 0.2) is 53.3 Å². The Morgan fingerprint density at radius 1 is 1.21 bits per heavy atom. The molecule has 92 valence electrons. The van der Waals surface area contributed by atoms with E-state index in [0.717, 1.165) is 21.1 Å². The molecule has 2 heterocycles. The standard InChI is InChI=1S/C15H10BrN3/c16-12-4-5-13(18-9-12)10-19-7-6-14-11(8-17)2-1-3-15(14)19/h1-7,9H,10H2. The predicted octanol–water partition coefficient (Wildman–Crippen LogP) is 3.72. The van der Waals surface area contributed by atoms with Crippen LogP contribution < -0.4 is 0 Å². The summed E-state index contributed by atoms with van der Waals surface area (Å²) in [6.45, 7) is 0.700. The monoisotopic (exact) mass is 311 g/mol. The van der Waals surface area contributed by atoms with Gasteiger partial charge in [-0.2, -0.15) is 5.26 Å². The molecule has 3 nitrogen and oxygen atoms in total. The average molecular weight is 312 g/mol. The number of aromatic nitrogens is 2. The van der Waals surface area contributed by atoms with Gasteiger partial charge in [0, 0.05) is 27.8 Å². The highest BCUT2D eigenvalue weighted by Gasteiger charge is 2.05. The Labute approximate surface area is 119 Å². The van der Waals surface area contributed by atoms with Crippen molar-refractivity contribution in [1.82, 2.24) is 9.55 Å². The van der Waals surface area contributed by atoms with Gasteiger partial charge in [-0.15, -0.1) is 0 Å². The molecule has 4 heteroatoms. The number of rotatable bonds is 2. The molecule has 1 aromatic carbocycles. The van der Waals surface area contributed by atoms with Crippen LogP contribution in [0, 0.1) is 11.3 Å². The predicted molar refractivity (Wildman–Crippen MR) is 77.7 cm³/mol. The van der Waals surface area contributed by atoms with Gasteiger partial charge in [0.15, 0.2) is 0 Å². The quantitative estimate of drug-likeness (QED) is 0.724. The third kappa shape index (κ3) is 2.25. The molecule has 0 amide bonds. The van der Waals surface area contributed by atoms with Crippen molar-refractivity contribution in [3.63, 3.8) is 0 Å². The van der Waals surface area contributed by atoms with Crippen LogP contribution in [0.4, 0.5) is 0 Å². The molecule has 0 N–H and O–H groups in total. The van der Waals surface area contributed by atoms with E-state index in [1.54, 1.807) is 6.20 Å². The molecule has 0 radical (unpaired) electrons. The highest BCUT2D eigenvalue weighted by atomic mass is 79.9. The van der Waals surface area contributed by atoms with Crippen molar-refractivity contribution in [2.24, 2.45) is 0 Å². The summed E-state index contributed by atoms with van der Waals surface area (Å²) in [4.78, 5) is 4.37. The van der Waals surface area contributed by atoms with Crippen LogP contribution >= 0.6 is 15.9 Å². The van der Waals surface area contributed by atoms with Gasteiger partial charge in [-0.1, -0.05) is 6.07 Å². The fraction of sp³-hybridized carbons (Fsp3) is 0.0667. The maximum atomic E-state index is 9.09. The molecular weight excluding hydrogens is 302 g/mol. The summed E-state index contributed by atoms with van der Waals surface area (Å²) in [5.74, 6) is 0. The van der Waals surface area contributed by atoms with E-state index in [2.05, 4.69) is 31.6 Å². The smallest absolute Gasteiger partial charge is 0.0998 e.